The smallest absolute Gasteiger partial charge is 0.224 e. The van der Waals surface area contributed by atoms with Crippen molar-refractivity contribution in [3.05, 3.63) is 0 Å². The van der Waals surface area contributed by atoms with Gasteiger partial charge in [-0.15, -0.1) is 0 Å². The lowest BCUT2D eigenvalue weighted by molar-refractivity contribution is -0.127. The molecule has 110 valence electrons. The molecule has 0 spiro atoms. The molecule has 3 N–H and O–H groups in total. The van der Waals surface area contributed by atoms with Crippen LogP contribution in [0.4, 0.5) is 0 Å². The van der Waals surface area contributed by atoms with Crippen molar-refractivity contribution >= 4 is 5.91 Å². The molecule has 19 heavy (non-hydrogen) atoms. The molecule has 0 aromatic heterocycles. The van der Waals surface area contributed by atoms with Crippen molar-refractivity contribution < 1.29 is 9.53 Å². The number of carbonyl (C=O) groups excluding carboxylic acids is 1. The normalized spacial score (nSPS) is 33.1. The summed E-state index contributed by atoms with van der Waals surface area (Å²) in [5.41, 5.74) is 6.17. The molecule has 0 aliphatic heterocycles. The molecule has 4 heteroatoms. The average molecular weight is 268 g/mol. The second-order valence-electron chi connectivity index (χ2n) is 6.35. The lowest BCUT2D eigenvalue weighted by atomic mass is 9.84. The van der Waals surface area contributed by atoms with E-state index in [0.717, 1.165) is 26.0 Å². The first kappa shape index (κ1) is 14.8. The molecule has 4 atom stereocenters. The van der Waals surface area contributed by atoms with E-state index in [0.29, 0.717) is 17.9 Å². The summed E-state index contributed by atoms with van der Waals surface area (Å²) in [5.74, 6) is 1.40. The lowest BCUT2D eigenvalue weighted by Gasteiger charge is -2.27. The zero-order valence-electron chi connectivity index (χ0n) is 12.2. The molecular formula is C15H28N2O2. The zero-order valence-corrected chi connectivity index (χ0v) is 12.2. The zero-order chi connectivity index (χ0) is 13.8. The van der Waals surface area contributed by atoms with Gasteiger partial charge in [-0.3, -0.25) is 4.79 Å². The van der Waals surface area contributed by atoms with E-state index in [-0.39, 0.29) is 17.9 Å². The van der Waals surface area contributed by atoms with Crippen LogP contribution in [0.5, 0.6) is 0 Å². The van der Waals surface area contributed by atoms with E-state index in [9.17, 15) is 4.79 Å². The first-order valence-corrected chi connectivity index (χ1v) is 7.74. The summed E-state index contributed by atoms with van der Waals surface area (Å²) in [7, 11) is 0. The summed E-state index contributed by atoms with van der Waals surface area (Å²) in [6, 6.07) is 0.100. The monoisotopic (exact) mass is 268 g/mol. The van der Waals surface area contributed by atoms with Gasteiger partial charge in [0.15, 0.2) is 0 Å². The molecule has 0 aromatic rings. The highest BCUT2D eigenvalue weighted by atomic mass is 16.5. The third-order valence-electron chi connectivity index (χ3n) is 4.60. The summed E-state index contributed by atoms with van der Waals surface area (Å²) in [4.78, 5) is 12.2. The summed E-state index contributed by atoms with van der Waals surface area (Å²) < 4.78 is 5.47. The van der Waals surface area contributed by atoms with E-state index >= 15 is 0 Å². The minimum absolute atomic E-state index is 0.0747. The largest absolute Gasteiger partial charge is 0.379 e. The van der Waals surface area contributed by atoms with E-state index in [1.165, 1.54) is 19.3 Å². The first-order chi connectivity index (χ1) is 9.09. The first-order valence-electron chi connectivity index (χ1n) is 7.74. The van der Waals surface area contributed by atoms with Crippen LogP contribution in [0.1, 0.15) is 46.0 Å². The second-order valence-corrected chi connectivity index (χ2v) is 6.35. The predicted octanol–water partition coefficient (Wildman–Crippen LogP) is 1.68. The Kier molecular flexibility index (Phi) is 5.22. The van der Waals surface area contributed by atoms with Crippen LogP contribution in [-0.4, -0.2) is 31.2 Å². The molecular weight excluding hydrogens is 240 g/mol. The summed E-state index contributed by atoms with van der Waals surface area (Å²) in [6.45, 7) is 5.61. The van der Waals surface area contributed by atoms with Crippen LogP contribution in [0.3, 0.4) is 0 Å². The molecule has 1 amide bonds. The Balaban J connectivity index is 1.60. The maximum atomic E-state index is 12.2. The fraction of sp³-hybridized carbons (Fsp3) is 0.933. The molecule has 4 unspecified atom stereocenters. The number of nitrogens with one attached hydrogen (secondary N) is 1. The van der Waals surface area contributed by atoms with E-state index in [1.807, 2.05) is 13.8 Å². The molecule has 2 fully saturated rings. The van der Waals surface area contributed by atoms with Gasteiger partial charge in [-0.05, 0) is 57.8 Å². The Bertz CT molecular complexity index is 305. The minimum Gasteiger partial charge on any atom is -0.379 e. The Morgan fingerprint density at radius 3 is 2.68 bits per heavy atom. The molecule has 2 aliphatic carbocycles. The highest BCUT2D eigenvalue weighted by Crippen LogP contribution is 2.47. The lowest BCUT2D eigenvalue weighted by Crippen LogP contribution is -2.45. The summed E-state index contributed by atoms with van der Waals surface area (Å²) >= 11 is 0. The molecule has 2 bridgehead atoms. The van der Waals surface area contributed by atoms with Gasteiger partial charge in [0.1, 0.15) is 0 Å². The van der Waals surface area contributed by atoms with Gasteiger partial charge in [0.05, 0.1) is 12.0 Å². The number of rotatable bonds is 7. The van der Waals surface area contributed by atoms with Gasteiger partial charge in [0, 0.05) is 19.2 Å². The summed E-state index contributed by atoms with van der Waals surface area (Å²) in [5, 5.41) is 3.05. The van der Waals surface area contributed by atoms with Crippen LogP contribution in [0, 0.1) is 17.8 Å². The van der Waals surface area contributed by atoms with Crippen LogP contribution in [0.25, 0.3) is 0 Å². The molecule has 2 saturated carbocycles. The number of ether oxygens (including phenoxy) is 1. The van der Waals surface area contributed by atoms with E-state index in [4.69, 9.17) is 10.5 Å². The molecule has 0 radical (unpaired) electrons. The Labute approximate surface area is 116 Å². The average Bonchev–Trinajstić information content (AvgIpc) is 2.93. The van der Waals surface area contributed by atoms with Gasteiger partial charge in [-0.2, -0.15) is 0 Å². The molecule has 4 nitrogen and oxygen atoms in total. The van der Waals surface area contributed by atoms with Crippen molar-refractivity contribution in [3.8, 4) is 0 Å². The number of amides is 1. The quantitative estimate of drug-likeness (QED) is 0.691. The van der Waals surface area contributed by atoms with Crippen LogP contribution in [-0.2, 0) is 9.53 Å². The number of hydrogen-bond acceptors (Lipinski definition) is 3. The second kappa shape index (κ2) is 6.71. The van der Waals surface area contributed by atoms with Crippen LogP contribution < -0.4 is 11.1 Å². The molecule has 2 aliphatic rings. The standard InChI is InChI=1S/C15H28N2O2/c1-10(2)19-8-4-3-7-17-15(18)13-11-5-6-12(9-11)14(13)16/h10-14H,3-9,16H2,1-2H3,(H,17,18). The van der Waals surface area contributed by atoms with Crippen molar-refractivity contribution in [1.82, 2.24) is 5.32 Å². The topological polar surface area (TPSA) is 64.3 Å². The van der Waals surface area contributed by atoms with Crippen LogP contribution >= 0.6 is 0 Å². The van der Waals surface area contributed by atoms with E-state index < -0.39 is 0 Å². The number of unbranched alkanes of at least 4 members (excludes halogenated alkanes) is 1. The number of hydrogen-bond donors (Lipinski definition) is 2. The van der Waals surface area contributed by atoms with Gasteiger partial charge in [0.2, 0.25) is 5.91 Å². The van der Waals surface area contributed by atoms with Gasteiger partial charge in [0.25, 0.3) is 0 Å². The van der Waals surface area contributed by atoms with Crippen LogP contribution in [0.2, 0.25) is 0 Å². The Morgan fingerprint density at radius 1 is 1.32 bits per heavy atom. The third kappa shape index (κ3) is 3.69. The van der Waals surface area contributed by atoms with Gasteiger partial charge < -0.3 is 15.8 Å². The fourth-order valence-electron chi connectivity index (χ4n) is 3.60. The SMILES string of the molecule is CC(C)OCCCCNC(=O)C1C2CCC(C2)C1N. The van der Waals surface area contributed by atoms with Crippen LogP contribution in [0.15, 0.2) is 0 Å². The van der Waals surface area contributed by atoms with Gasteiger partial charge >= 0.3 is 0 Å². The van der Waals surface area contributed by atoms with Gasteiger partial charge in [-0.25, -0.2) is 0 Å². The number of fused-ring (bicyclic) bond motifs is 2. The van der Waals surface area contributed by atoms with Crippen molar-refractivity contribution in [1.29, 1.82) is 0 Å². The maximum Gasteiger partial charge on any atom is 0.224 e. The van der Waals surface area contributed by atoms with Crippen molar-refractivity contribution in [2.75, 3.05) is 13.2 Å². The number of nitrogens with two attached hydrogens (primary N) is 1. The third-order valence-corrected chi connectivity index (χ3v) is 4.60. The van der Waals surface area contributed by atoms with Crippen molar-refractivity contribution in [2.24, 2.45) is 23.5 Å². The molecule has 0 aromatic carbocycles. The highest BCUT2D eigenvalue weighted by Gasteiger charge is 2.48. The molecule has 0 saturated heterocycles. The van der Waals surface area contributed by atoms with E-state index in [1.54, 1.807) is 0 Å². The molecule has 2 rings (SSSR count). The minimum atomic E-state index is 0.0747. The Morgan fingerprint density at radius 2 is 2.05 bits per heavy atom. The highest BCUT2D eigenvalue weighted by molar-refractivity contribution is 5.80. The fourth-order valence-corrected chi connectivity index (χ4v) is 3.60. The maximum absolute atomic E-state index is 12.2. The Hall–Kier alpha value is -0.610. The summed E-state index contributed by atoms with van der Waals surface area (Å²) in [6.07, 6.45) is 5.86. The molecule has 0 heterocycles. The van der Waals surface area contributed by atoms with Crippen molar-refractivity contribution in [2.45, 2.75) is 58.1 Å². The van der Waals surface area contributed by atoms with E-state index in [2.05, 4.69) is 5.32 Å². The van der Waals surface area contributed by atoms with Gasteiger partial charge in [-0.1, -0.05) is 0 Å². The van der Waals surface area contributed by atoms with Crippen molar-refractivity contribution in [3.63, 3.8) is 0 Å². The predicted molar refractivity (Wildman–Crippen MR) is 75.6 cm³/mol. The number of carbonyl (C=O) groups is 1.